The zero-order valence-corrected chi connectivity index (χ0v) is 24.8. The summed E-state index contributed by atoms with van der Waals surface area (Å²) < 4.78 is 44.6. The van der Waals surface area contributed by atoms with Gasteiger partial charge in [0.15, 0.2) is 0 Å². The van der Waals surface area contributed by atoms with Crippen LogP contribution in [-0.4, -0.2) is 45.0 Å². The maximum absolute atomic E-state index is 13.6. The van der Waals surface area contributed by atoms with Crippen molar-refractivity contribution in [1.29, 1.82) is 0 Å². The first kappa shape index (κ1) is 33.3. The Morgan fingerprint density at radius 2 is 1.63 bits per heavy atom. The largest absolute Gasteiger partial charge is 0.530 e. The fraction of sp³-hybridized carbons (Fsp3) is 0.452. The van der Waals surface area contributed by atoms with Crippen molar-refractivity contribution in [3.63, 3.8) is 0 Å². The number of amides is 2. The number of rotatable bonds is 12. The van der Waals surface area contributed by atoms with E-state index in [2.05, 4.69) is 15.5 Å². The van der Waals surface area contributed by atoms with Crippen LogP contribution < -0.4 is 10.4 Å². The van der Waals surface area contributed by atoms with E-state index in [1.54, 1.807) is 52.0 Å². The molecular formula is C31H36F3N4O5-. The van der Waals surface area contributed by atoms with Gasteiger partial charge in [-0.25, -0.2) is 0 Å². The minimum absolute atomic E-state index is 0.00455. The third kappa shape index (κ3) is 8.65. The van der Waals surface area contributed by atoms with Gasteiger partial charge in [0.1, 0.15) is 6.09 Å². The summed E-state index contributed by atoms with van der Waals surface area (Å²) in [5.74, 6) is -1.88. The lowest BCUT2D eigenvalue weighted by Gasteiger charge is -2.45. The van der Waals surface area contributed by atoms with Crippen LogP contribution in [0.25, 0.3) is 11.5 Å². The number of benzene rings is 2. The first-order chi connectivity index (χ1) is 20.1. The van der Waals surface area contributed by atoms with E-state index >= 15 is 0 Å². The van der Waals surface area contributed by atoms with Gasteiger partial charge >= 0.3 is 6.18 Å². The van der Waals surface area contributed by atoms with Gasteiger partial charge in [0.2, 0.25) is 17.6 Å². The molecular weight excluding hydrogens is 565 g/mol. The molecule has 3 aromatic rings. The van der Waals surface area contributed by atoms with Crippen LogP contribution in [0.5, 0.6) is 0 Å². The minimum Gasteiger partial charge on any atom is -0.530 e. The number of carbonyl (C=O) groups excluding carboxylic acids is 3. The lowest BCUT2D eigenvalue weighted by atomic mass is 9.82. The fourth-order valence-corrected chi connectivity index (χ4v) is 4.75. The molecule has 12 heteroatoms. The van der Waals surface area contributed by atoms with Gasteiger partial charge in [0.05, 0.1) is 17.6 Å². The van der Waals surface area contributed by atoms with Crippen molar-refractivity contribution < 1.29 is 37.1 Å². The molecule has 232 valence electrons. The van der Waals surface area contributed by atoms with E-state index in [0.29, 0.717) is 12.8 Å². The van der Waals surface area contributed by atoms with Gasteiger partial charge in [-0.15, -0.1) is 10.2 Å². The molecule has 3 atom stereocenters. The molecule has 9 nitrogen and oxygen atoms in total. The molecule has 0 fully saturated rings. The SMILES string of the molecule is CCCC[C@@H](C(=O)C(=O)N[C@H](C)c1ccccc1)N(C(=O)[O-])[C@H](Cc1nnc(-c2ccc(C(F)(F)F)cc2)o1)C(C)(C)C. The Bertz CT molecular complexity index is 1380. The number of ketones is 1. The second-order valence-corrected chi connectivity index (χ2v) is 11.5. The Labute approximate surface area is 248 Å². The standard InChI is InChI=1S/C31H37F3N4O5/c1-6-7-13-23(26(39)27(40)35-19(2)20-11-9-8-10-12-20)38(29(41)42)24(30(3,4)5)18-25-36-37-28(43-25)21-14-16-22(17-15-21)31(32,33)34/h8-12,14-17,19,23-24H,6-7,13,18H2,1-5H3,(H,35,40)(H,41,42)/p-1/t19-,23+,24-/m1/s1. The van der Waals surface area contributed by atoms with E-state index in [9.17, 15) is 32.7 Å². The number of carbonyl (C=O) groups is 3. The summed E-state index contributed by atoms with van der Waals surface area (Å²) in [5.41, 5.74) is -0.602. The number of aromatic nitrogens is 2. The molecule has 2 aromatic carbocycles. The third-order valence-electron chi connectivity index (χ3n) is 7.18. The average Bonchev–Trinajstić information content (AvgIpc) is 3.42. The van der Waals surface area contributed by atoms with E-state index in [0.717, 1.165) is 22.6 Å². The number of Topliss-reactive ketones (excluding diaryl/α,β-unsaturated/α-hetero) is 1. The van der Waals surface area contributed by atoms with Crippen LogP contribution in [-0.2, 0) is 22.2 Å². The van der Waals surface area contributed by atoms with Crippen molar-refractivity contribution in [3.8, 4) is 11.5 Å². The summed E-state index contributed by atoms with van der Waals surface area (Å²) in [6.45, 7) is 8.89. The van der Waals surface area contributed by atoms with Gasteiger partial charge in [-0.3, -0.25) is 9.59 Å². The van der Waals surface area contributed by atoms with Gasteiger partial charge in [-0.05, 0) is 48.6 Å². The molecule has 0 bridgehead atoms. The topological polar surface area (TPSA) is 128 Å². The molecule has 3 rings (SSSR count). The molecule has 1 heterocycles. The Hall–Kier alpha value is -4.22. The van der Waals surface area contributed by atoms with Crippen molar-refractivity contribution in [3.05, 3.63) is 71.6 Å². The molecule has 1 aromatic heterocycles. The second kappa shape index (κ2) is 13.8. The van der Waals surface area contributed by atoms with Gasteiger partial charge in [0.25, 0.3) is 5.91 Å². The lowest BCUT2D eigenvalue weighted by molar-refractivity contribution is -0.272. The zero-order valence-electron chi connectivity index (χ0n) is 24.8. The Morgan fingerprint density at radius 1 is 1.00 bits per heavy atom. The highest BCUT2D eigenvalue weighted by Crippen LogP contribution is 2.33. The molecule has 0 aliphatic rings. The maximum atomic E-state index is 13.6. The molecule has 0 unspecified atom stereocenters. The average molecular weight is 602 g/mol. The summed E-state index contributed by atoms with van der Waals surface area (Å²) in [4.78, 5) is 40.2. The molecule has 0 saturated carbocycles. The Balaban J connectivity index is 1.90. The van der Waals surface area contributed by atoms with Crippen molar-refractivity contribution in [2.45, 2.75) is 84.6 Å². The monoisotopic (exact) mass is 601 g/mol. The summed E-state index contributed by atoms with van der Waals surface area (Å²) in [7, 11) is 0. The lowest BCUT2D eigenvalue weighted by Crippen LogP contribution is -2.61. The Morgan fingerprint density at radius 3 is 2.16 bits per heavy atom. The van der Waals surface area contributed by atoms with Crippen LogP contribution in [0.2, 0.25) is 0 Å². The molecule has 2 amide bonds. The number of unbranched alkanes of at least 4 members (excludes halogenated alkanes) is 1. The van der Waals surface area contributed by atoms with E-state index in [-0.39, 0.29) is 30.2 Å². The smallest absolute Gasteiger partial charge is 0.416 e. The van der Waals surface area contributed by atoms with Gasteiger partial charge < -0.3 is 24.5 Å². The first-order valence-electron chi connectivity index (χ1n) is 14.0. The number of alkyl halides is 3. The predicted octanol–water partition coefficient (Wildman–Crippen LogP) is 5.36. The highest BCUT2D eigenvalue weighted by molar-refractivity contribution is 6.38. The number of halogens is 3. The van der Waals surface area contributed by atoms with E-state index in [1.165, 1.54) is 12.1 Å². The van der Waals surface area contributed by atoms with Crippen molar-refractivity contribution in [2.24, 2.45) is 5.41 Å². The number of carboxylic acid groups (broad SMARTS) is 1. The molecule has 0 saturated heterocycles. The zero-order chi connectivity index (χ0) is 31.9. The predicted molar refractivity (Wildman–Crippen MR) is 150 cm³/mol. The van der Waals surface area contributed by atoms with Gasteiger partial charge in [-0.1, -0.05) is 70.9 Å². The maximum Gasteiger partial charge on any atom is 0.416 e. The second-order valence-electron chi connectivity index (χ2n) is 11.5. The van der Waals surface area contributed by atoms with Crippen LogP contribution in [0.4, 0.5) is 18.0 Å². The summed E-state index contributed by atoms with van der Waals surface area (Å²) >= 11 is 0. The number of hydrogen-bond donors (Lipinski definition) is 1. The minimum atomic E-state index is -4.50. The van der Waals surface area contributed by atoms with Crippen molar-refractivity contribution >= 4 is 17.8 Å². The summed E-state index contributed by atoms with van der Waals surface area (Å²) in [6, 6.07) is 10.4. The number of hydrogen-bond acceptors (Lipinski definition) is 7. The number of nitrogens with one attached hydrogen (secondary N) is 1. The molecule has 43 heavy (non-hydrogen) atoms. The number of nitrogens with zero attached hydrogens (tertiary/aromatic N) is 3. The fourth-order valence-electron chi connectivity index (χ4n) is 4.75. The van der Waals surface area contributed by atoms with Crippen molar-refractivity contribution in [2.75, 3.05) is 0 Å². The molecule has 0 radical (unpaired) electrons. The molecule has 0 aliphatic heterocycles. The molecule has 1 N–H and O–H groups in total. The van der Waals surface area contributed by atoms with E-state index in [1.807, 2.05) is 13.0 Å². The molecule has 0 aliphatic carbocycles. The van der Waals surface area contributed by atoms with Gasteiger partial charge in [0, 0.05) is 18.0 Å². The normalized spacial score (nSPS) is 14.0. The van der Waals surface area contributed by atoms with Crippen LogP contribution >= 0.6 is 0 Å². The van der Waals surface area contributed by atoms with E-state index in [4.69, 9.17) is 4.42 Å². The highest BCUT2D eigenvalue weighted by atomic mass is 19.4. The van der Waals surface area contributed by atoms with Crippen LogP contribution in [0.3, 0.4) is 0 Å². The summed E-state index contributed by atoms with van der Waals surface area (Å²) in [5, 5.41) is 23.3. The van der Waals surface area contributed by atoms with Crippen molar-refractivity contribution in [1.82, 2.24) is 20.4 Å². The van der Waals surface area contributed by atoms with Crippen LogP contribution in [0, 0.1) is 5.41 Å². The first-order valence-corrected chi connectivity index (χ1v) is 14.0. The molecule has 0 spiro atoms. The highest BCUT2D eigenvalue weighted by Gasteiger charge is 2.40. The quantitative estimate of drug-likeness (QED) is 0.277. The van der Waals surface area contributed by atoms with Crippen LogP contribution in [0.15, 0.2) is 59.0 Å². The summed E-state index contributed by atoms with van der Waals surface area (Å²) in [6.07, 6.45) is -5.08. The van der Waals surface area contributed by atoms with Crippen LogP contribution in [0.1, 0.15) is 76.9 Å². The third-order valence-corrected chi connectivity index (χ3v) is 7.18. The van der Waals surface area contributed by atoms with E-state index < -0.39 is 53.1 Å². The van der Waals surface area contributed by atoms with Gasteiger partial charge in [-0.2, -0.15) is 13.2 Å². The Kier molecular flexibility index (Phi) is 10.7.